The maximum atomic E-state index is 12.1. The van der Waals surface area contributed by atoms with Crippen LogP contribution < -0.4 is 5.32 Å². The minimum absolute atomic E-state index is 0.177. The highest BCUT2D eigenvalue weighted by Gasteiger charge is 2.43. The number of nitrogens with zero attached hydrogens (tertiary/aromatic N) is 1. The van der Waals surface area contributed by atoms with Crippen molar-refractivity contribution in [2.75, 3.05) is 19.6 Å². The van der Waals surface area contributed by atoms with Gasteiger partial charge in [-0.15, -0.1) is 0 Å². The lowest BCUT2D eigenvalue weighted by Crippen LogP contribution is -2.42. The first-order valence-corrected chi connectivity index (χ1v) is 7.46. The summed E-state index contributed by atoms with van der Waals surface area (Å²) in [5.41, 5.74) is 0. The van der Waals surface area contributed by atoms with Gasteiger partial charge in [0.1, 0.15) is 0 Å². The molecule has 1 saturated heterocycles. The molecule has 6 heteroatoms. The van der Waals surface area contributed by atoms with Gasteiger partial charge in [0.25, 0.3) is 0 Å². The number of hydrogen-bond donors (Lipinski definition) is 3. The van der Waals surface area contributed by atoms with Crippen LogP contribution in [0.2, 0.25) is 0 Å². The topological polar surface area (TPSA) is 89.9 Å². The zero-order chi connectivity index (χ0) is 14.7. The summed E-state index contributed by atoms with van der Waals surface area (Å²) in [6.45, 7) is 3.37. The number of aliphatic hydroxyl groups is 1. The molecule has 114 valence electrons. The Bertz CT molecular complexity index is 374. The quantitative estimate of drug-likeness (QED) is 0.699. The van der Waals surface area contributed by atoms with Gasteiger partial charge in [-0.1, -0.05) is 13.3 Å². The number of hydrogen-bond acceptors (Lipinski definition) is 3. The molecule has 2 fully saturated rings. The van der Waals surface area contributed by atoms with E-state index in [1.165, 1.54) is 0 Å². The third-order valence-corrected chi connectivity index (χ3v) is 4.59. The number of aliphatic hydroxyl groups excluding tert-OH is 1. The van der Waals surface area contributed by atoms with E-state index < -0.39 is 11.9 Å². The average Bonchev–Trinajstić information content (AvgIpc) is 2.96. The third-order valence-electron chi connectivity index (χ3n) is 4.59. The molecular formula is C14H24N2O4. The average molecular weight is 284 g/mol. The maximum absolute atomic E-state index is 12.1. The predicted molar refractivity (Wildman–Crippen MR) is 73.2 cm³/mol. The van der Waals surface area contributed by atoms with Crippen LogP contribution in [0.4, 0.5) is 4.79 Å². The molecule has 3 N–H and O–H groups in total. The van der Waals surface area contributed by atoms with E-state index in [0.29, 0.717) is 25.4 Å². The van der Waals surface area contributed by atoms with E-state index in [4.69, 9.17) is 5.11 Å². The number of carbonyl (C=O) groups is 2. The predicted octanol–water partition coefficient (Wildman–Crippen LogP) is 0.900. The summed E-state index contributed by atoms with van der Waals surface area (Å²) in [5.74, 6) is -0.772. The Morgan fingerprint density at radius 3 is 2.70 bits per heavy atom. The summed E-state index contributed by atoms with van der Waals surface area (Å²) < 4.78 is 0. The molecule has 1 aliphatic heterocycles. The first-order chi connectivity index (χ1) is 9.52. The van der Waals surface area contributed by atoms with Crippen LogP contribution in [0.3, 0.4) is 0 Å². The van der Waals surface area contributed by atoms with Crippen LogP contribution in [-0.2, 0) is 4.79 Å². The lowest BCUT2D eigenvalue weighted by atomic mass is 10.00. The van der Waals surface area contributed by atoms with E-state index >= 15 is 0 Å². The molecule has 0 spiro atoms. The number of likely N-dealkylation sites (tertiary alicyclic amines) is 1. The van der Waals surface area contributed by atoms with Gasteiger partial charge in [-0.2, -0.15) is 0 Å². The number of rotatable bonds is 5. The minimum atomic E-state index is -0.860. The monoisotopic (exact) mass is 284 g/mol. The first-order valence-electron chi connectivity index (χ1n) is 7.46. The van der Waals surface area contributed by atoms with Gasteiger partial charge in [0.15, 0.2) is 0 Å². The van der Waals surface area contributed by atoms with Crippen LogP contribution in [0.15, 0.2) is 0 Å². The molecule has 0 aromatic heterocycles. The second-order valence-corrected chi connectivity index (χ2v) is 5.98. The normalized spacial score (nSPS) is 30.1. The second kappa shape index (κ2) is 6.43. The summed E-state index contributed by atoms with van der Waals surface area (Å²) in [6.07, 6.45) is 2.88. The van der Waals surface area contributed by atoms with Gasteiger partial charge in [0.05, 0.1) is 12.0 Å². The van der Waals surface area contributed by atoms with E-state index in [1.54, 1.807) is 4.90 Å². The zero-order valence-electron chi connectivity index (χ0n) is 11.9. The van der Waals surface area contributed by atoms with Crippen LogP contribution in [0.1, 0.15) is 32.6 Å². The lowest BCUT2D eigenvalue weighted by molar-refractivity contribution is -0.141. The van der Waals surface area contributed by atoms with Crippen molar-refractivity contribution in [2.45, 2.75) is 38.7 Å². The van der Waals surface area contributed by atoms with Gasteiger partial charge < -0.3 is 20.4 Å². The molecule has 0 aromatic rings. The molecule has 20 heavy (non-hydrogen) atoms. The van der Waals surface area contributed by atoms with Gasteiger partial charge in [-0.25, -0.2) is 4.79 Å². The molecule has 4 unspecified atom stereocenters. The number of carboxylic acid groups (broad SMARTS) is 1. The van der Waals surface area contributed by atoms with E-state index in [2.05, 4.69) is 5.32 Å². The standard InChI is InChI=1S/C14H24N2O4/c1-2-3-9(13(18)19)6-15-14(20)16-7-10-4-5-12(17)11(10)8-16/h9-12,17H,2-8H2,1H3,(H,15,20)(H,18,19). The smallest absolute Gasteiger partial charge is 0.317 e. The summed E-state index contributed by atoms with van der Waals surface area (Å²) in [5, 5.41) is 21.6. The largest absolute Gasteiger partial charge is 0.481 e. The number of nitrogens with one attached hydrogen (secondary N) is 1. The van der Waals surface area contributed by atoms with Crippen molar-refractivity contribution in [3.63, 3.8) is 0 Å². The molecule has 2 amide bonds. The second-order valence-electron chi connectivity index (χ2n) is 5.98. The number of aliphatic carboxylic acids is 1. The van der Waals surface area contributed by atoms with Crippen LogP contribution in [0.5, 0.6) is 0 Å². The van der Waals surface area contributed by atoms with Crippen LogP contribution in [0.25, 0.3) is 0 Å². The Kier molecular flexibility index (Phi) is 4.86. The number of urea groups is 1. The van der Waals surface area contributed by atoms with Crippen molar-refractivity contribution in [3.8, 4) is 0 Å². The molecule has 0 bridgehead atoms. The number of fused-ring (bicyclic) bond motifs is 1. The number of carboxylic acids is 1. The van der Waals surface area contributed by atoms with Crippen molar-refractivity contribution >= 4 is 12.0 Å². The number of amides is 2. The third kappa shape index (κ3) is 3.23. The molecule has 2 aliphatic rings. The highest BCUT2D eigenvalue weighted by atomic mass is 16.4. The fraction of sp³-hybridized carbons (Fsp3) is 0.857. The Morgan fingerprint density at radius 2 is 2.10 bits per heavy atom. The first kappa shape index (κ1) is 15.1. The Hall–Kier alpha value is -1.30. The van der Waals surface area contributed by atoms with Crippen molar-refractivity contribution in [2.24, 2.45) is 17.8 Å². The van der Waals surface area contributed by atoms with E-state index in [9.17, 15) is 14.7 Å². The van der Waals surface area contributed by atoms with Crippen molar-refractivity contribution in [1.29, 1.82) is 0 Å². The fourth-order valence-corrected chi connectivity index (χ4v) is 3.39. The SMILES string of the molecule is CCCC(CNC(=O)N1CC2CCC(O)C2C1)C(=O)O. The molecule has 0 radical (unpaired) electrons. The van der Waals surface area contributed by atoms with Gasteiger partial charge in [0.2, 0.25) is 0 Å². The molecule has 1 aliphatic carbocycles. The van der Waals surface area contributed by atoms with Gasteiger partial charge in [-0.05, 0) is 25.2 Å². The lowest BCUT2D eigenvalue weighted by Gasteiger charge is -2.20. The van der Waals surface area contributed by atoms with Crippen molar-refractivity contribution in [3.05, 3.63) is 0 Å². The number of carbonyl (C=O) groups excluding carboxylic acids is 1. The Labute approximate surface area is 119 Å². The Balaban J connectivity index is 1.79. The van der Waals surface area contributed by atoms with Gasteiger partial charge in [0, 0.05) is 25.6 Å². The summed E-state index contributed by atoms with van der Waals surface area (Å²) >= 11 is 0. The highest BCUT2D eigenvalue weighted by Crippen LogP contribution is 2.37. The van der Waals surface area contributed by atoms with Gasteiger partial charge in [-0.3, -0.25) is 4.79 Å². The van der Waals surface area contributed by atoms with Crippen LogP contribution in [-0.4, -0.2) is 52.9 Å². The Morgan fingerprint density at radius 1 is 1.35 bits per heavy atom. The maximum Gasteiger partial charge on any atom is 0.317 e. The molecule has 1 heterocycles. The van der Waals surface area contributed by atoms with E-state index in [1.807, 2.05) is 6.92 Å². The molecule has 2 rings (SSSR count). The van der Waals surface area contributed by atoms with Crippen LogP contribution in [0, 0.1) is 17.8 Å². The highest BCUT2D eigenvalue weighted by molar-refractivity contribution is 5.76. The van der Waals surface area contributed by atoms with E-state index in [0.717, 1.165) is 19.3 Å². The summed E-state index contributed by atoms with van der Waals surface area (Å²) in [6, 6.07) is -0.200. The summed E-state index contributed by atoms with van der Waals surface area (Å²) in [4.78, 5) is 24.8. The van der Waals surface area contributed by atoms with Crippen LogP contribution >= 0.6 is 0 Å². The fourth-order valence-electron chi connectivity index (χ4n) is 3.39. The van der Waals surface area contributed by atoms with Crippen molar-refractivity contribution in [1.82, 2.24) is 10.2 Å². The minimum Gasteiger partial charge on any atom is -0.481 e. The summed E-state index contributed by atoms with van der Waals surface area (Å²) in [7, 11) is 0. The molecule has 4 atom stereocenters. The zero-order valence-corrected chi connectivity index (χ0v) is 11.9. The van der Waals surface area contributed by atoms with Crippen molar-refractivity contribution < 1.29 is 19.8 Å². The van der Waals surface area contributed by atoms with Gasteiger partial charge >= 0.3 is 12.0 Å². The molecule has 6 nitrogen and oxygen atoms in total. The molecule has 0 aromatic carbocycles. The molecule has 1 saturated carbocycles. The van der Waals surface area contributed by atoms with E-state index in [-0.39, 0.29) is 24.6 Å². The molecular weight excluding hydrogens is 260 g/mol.